The van der Waals surface area contributed by atoms with E-state index < -0.39 is 0 Å². The van der Waals surface area contributed by atoms with Gasteiger partial charge in [0, 0.05) is 36.5 Å². The van der Waals surface area contributed by atoms with E-state index in [1.807, 2.05) is 11.3 Å². The van der Waals surface area contributed by atoms with Crippen LogP contribution in [0, 0.1) is 0 Å². The number of furan rings is 1. The van der Waals surface area contributed by atoms with Crippen LogP contribution >= 0.6 is 11.3 Å². The Morgan fingerprint density at radius 2 is 0.800 bits per heavy atom. The molecule has 2 aromatic heterocycles. The second kappa shape index (κ2) is 11.7. The average Bonchev–Trinajstić information content (AvgIpc) is 3.76. The molecule has 10 aromatic rings. The van der Waals surface area contributed by atoms with E-state index in [-0.39, 0.29) is 0 Å². The maximum atomic E-state index is 6.61. The van der Waals surface area contributed by atoms with E-state index in [1.165, 1.54) is 64.7 Å². The summed E-state index contributed by atoms with van der Waals surface area (Å²) in [5.74, 6) is 0. The molecule has 0 aliphatic heterocycles. The summed E-state index contributed by atoms with van der Waals surface area (Å²) in [6.07, 6.45) is 0. The van der Waals surface area contributed by atoms with E-state index in [4.69, 9.17) is 4.42 Å². The van der Waals surface area contributed by atoms with Crippen molar-refractivity contribution in [1.29, 1.82) is 0 Å². The Labute approximate surface area is 294 Å². The summed E-state index contributed by atoms with van der Waals surface area (Å²) in [7, 11) is 0. The third-order valence-corrected chi connectivity index (χ3v) is 11.1. The number of para-hydroxylation sites is 1. The Morgan fingerprint density at radius 3 is 1.60 bits per heavy atom. The molecule has 0 aliphatic rings. The van der Waals surface area contributed by atoms with Crippen LogP contribution in [-0.4, -0.2) is 0 Å². The molecule has 0 fully saturated rings. The maximum absolute atomic E-state index is 6.61. The number of benzene rings is 8. The minimum Gasteiger partial charge on any atom is -0.455 e. The van der Waals surface area contributed by atoms with Gasteiger partial charge < -0.3 is 4.42 Å². The second-order valence-corrected chi connectivity index (χ2v) is 14.0. The zero-order chi connectivity index (χ0) is 33.0. The van der Waals surface area contributed by atoms with Crippen molar-refractivity contribution in [3.63, 3.8) is 0 Å². The Morgan fingerprint density at radius 1 is 0.300 bits per heavy atom. The lowest BCUT2D eigenvalue weighted by Gasteiger charge is -2.08. The van der Waals surface area contributed by atoms with Gasteiger partial charge in [-0.3, -0.25) is 0 Å². The van der Waals surface area contributed by atoms with Crippen LogP contribution in [0.15, 0.2) is 186 Å². The molecule has 0 bridgehead atoms. The quantitative estimate of drug-likeness (QED) is 0.180. The molecule has 50 heavy (non-hydrogen) atoms. The molecule has 0 unspecified atom stereocenters. The first-order valence-corrected chi connectivity index (χ1v) is 17.8. The van der Waals surface area contributed by atoms with Crippen LogP contribution in [0.25, 0.3) is 97.7 Å². The molecule has 0 saturated carbocycles. The largest absolute Gasteiger partial charge is 0.455 e. The molecule has 1 nitrogen and oxygen atoms in total. The molecule has 10 rings (SSSR count). The highest BCUT2D eigenvalue weighted by atomic mass is 32.1. The van der Waals surface area contributed by atoms with Gasteiger partial charge in [0.2, 0.25) is 0 Å². The Kier molecular flexibility index (Phi) is 6.75. The van der Waals surface area contributed by atoms with E-state index in [2.05, 4.69) is 182 Å². The van der Waals surface area contributed by atoms with Gasteiger partial charge in [0.1, 0.15) is 11.2 Å². The fourth-order valence-electron chi connectivity index (χ4n) is 7.34. The monoisotopic (exact) mass is 654 g/mol. The predicted octanol–water partition coefficient (Wildman–Crippen LogP) is 14.3. The SMILES string of the molecule is c1ccc(-c2ccc(-c3cccc(-c4ccc5oc6c(-c7cccc(-c8ccc9sc%10ccccc%10c9c8)c7)cccc6c5c4)c3)cc2)cc1. The molecule has 0 aliphatic carbocycles. The van der Waals surface area contributed by atoms with Crippen molar-refractivity contribution < 1.29 is 4.42 Å². The van der Waals surface area contributed by atoms with Crippen molar-refractivity contribution >= 4 is 53.4 Å². The highest BCUT2D eigenvalue weighted by Crippen LogP contribution is 2.40. The summed E-state index contributed by atoms with van der Waals surface area (Å²) in [5.41, 5.74) is 13.7. The summed E-state index contributed by atoms with van der Waals surface area (Å²) in [5, 5.41) is 4.89. The Balaban J connectivity index is 1.00. The molecular weight excluding hydrogens is 625 g/mol. The molecule has 2 heteroatoms. The summed E-state index contributed by atoms with van der Waals surface area (Å²) in [4.78, 5) is 0. The molecule has 234 valence electrons. The minimum absolute atomic E-state index is 0.898. The fourth-order valence-corrected chi connectivity index (χ4v) is 8.43. The van der Waals surface area contributed by atoms with Crippen LogP contribution in [0.5, 0.6) is 0 Å². The van der Waals surface area contributed by atoms with Gasteiger partial charge in [-0.05, 0) is 92.5 Å². The standard InChI is InChI=1S/C48H30OS/c1-2-9-31(10-3-1)32-19-21-33(22-20-32)34-11-6-12-35(27-34)37-23-25-45-43(29-37)42-17-8-16-40(48(42)49-45)39-14-7-13-36(28-39)38-24-26-47-44(30-38)41-15-4-5-18-46(41)50-47/h1-30H. The summed E-state index contributed by atoms with van der Waals surface area (Å²) in [6, 6.07) is 65.6. The topological polar surface area (TPSA) is 13.1 Å². The van der Waals surface area contributed by atoms with Gasteiger partial charge in [0.25, 0.3) is 0 Å². The van der Waals surface area contributed by atoms with Crippen molar-refractivity contribution in [2.24, 2.45) is 0 Å². The molecule has 0 atom stereocenters. The van der Waals surface area contributed by atoms with Crippen molar-refractivity contribution in [2.75, 3.05) is 0 Å². The Hall–Kier alpha value is -6.22. The lowest BCUT2D eigenvalue weighted by atomic mass is 9.95. The molecule has 0 spiro atoms. The first kappa shape index (κ1) is 28.8. The van der Waals surface area contributed by atoms with Crippen LogP contribution in [0.4, 0.5) is 0 Å². The summed E-state index contributed by atoms with van der Waals surface area (Å²) in [6.45, 7) is 0. The Bertz CT molecular complexity index is 2850. The molecule has 0 saturated heterocycles. The van der Waals surface area contributed by atoms with E-state index in [9.17, 15) is 0 Å². The van der Waals surface area contributed by atoms with Gasteiger partial charge in [-0.1, -0.05) is 140 Å². The lowest BCUT2D eigenvalue weighted by molar-refractivity contribution is 0.670. The van der Waals surface area contributed by atoms with Crippen LogP contribution in [0.2, 0.25) is 0 Å². The van der Waals surface area contributed by atoms with Crippen LogP contribution in [0.3, 0.4) is 0 Å². The molecule has 0 radical (unpaired) electrons. The van der Waals surface area contributed by atoms with E-state index in [0.717, 1.165) is 33.1 Å². The third kappa shape index (κ3) is 4.92. The van der Waals surface area contributed by atoms with Crippen molar-refractivity contribution in [3.8, 4) is 55.6 Å². The highest BCUT2D eigenvalue weighted by molar-refractivity contribution is 7.25. The lowest BCUT2D eigenvalue weighted by Crippen LogP contribution is -1.83. The number of fused-ring (bicyclic) bond motifs is 6. The molecule has 8 aromatic carbocycles. The summed E-state index contributed by atoms with van der Waals surface area (Å²) < 4.78 is 9.26. The van der Waals surface area contributed by atoms with Gasteiger partial charge in [0.05, 0.1) is 0 Å². The van der Waals surface area contributed by atoms with Gasteiger partial charge in [0.15, 0.2) is 0 Å². The highest BCUT2D eigenvalue weighted by Gasteiger charge is 2.15. The number of thiophene rings is 1. The molecule has 0 N–H and O–H groups in total. The first-order chi connectivity index (χ1) is 24.7. The fraction of sp³-hybridized carbons (Fsp3) is 0. The molecule has 0 amide bonds. The van der Waals surface area contributed by atoms with Crippen molar-refractivity contribution in [1.82, 2.24) is 0 Å². The van der Waals surface area contributed by atoms with Crippen LogP contribution < -0.4 is 0 Å². The van der Waals surface area contributed by atoms with Crippen molar-refractivity contribution in [2.45, 2.75) is 0 Å². The second-order valence-electron chi connectivity index (χ2n) is 12.9. The number of hydrogen-bond donors (Lipinski definition) is 0. The van der Waals surface area contributed by atoms with Crippen molar-refractivity contribution in [3.05, 3.63) is 182 Å². The maximum Gasteiger partial charge on any atom is 0.143 e. The molecule has 2 heterocycles. The number of rotatable bonds is 5. The van der Waals surface area contributed by atoms with E-state index in [0.29, 0.717) is 0 Å². The normalized spacial score (nSPS) is 11.6. The number of hydrogen-bond acceptors (Lipinski definition) is 2. The smallest absolute Gasteiger partial charge is 0.143 e. The predicted molar refractivity (Wildman–Crippen MR) is 214 cm³/mol. The minimum atomic E-state index is 0.898. The summed E-state index contributed by atoms with van der Waals surface area (Å²) >= 11 is 1.86. The van der Waals surface area contributed by atoms with Crippen LogP contribution in [-0.2, 0) is 0 Å². The van der Waals surface area contributed by atoms with Gasteiger partial charge in [-0.15, -0.1) is 11.3 Å². The van der Waals surface area contributed by atoms with Crippen LogP contribution in [0.1, 0.15) is 0 Å². The van der Waals surface area contributed by atoms with Gasteiger partial charge in [-0.2, -0.15) is 0 Å². The zero-order valence-corrected chi connectivity index (χ0v) is 28.0. The first-order valence-electron chi connectivity index (χ1n) is 17.0. The van der Waals surface area contributed by atoms with Gasteiger partial charge >= 0.3 is 0 Å². The third-order valence-electron chi connectivity index (χ3n) is 9.90. The van der Waals surface area contributed by atoms with E-state index in [1.54, 1.807) is 0 Å². The van der Waals surface area contributed by atoms with Gasteiger partial charge in [-0.25, -0.2) is 0 Å². The van der Waals surface area contributed by atoms with E-state index >= 15 is 0 Å². The zero-order valence-electron chi connectivity index (χ0n) is 27.1. The molecular formula is C48H30OS. The average molecular weight is 655 g/mol.